The molecule has 0 radical (unpaired) electrons. The number of aromatic nitrogens is 2. The Balaban J connectivity index is 1.49. The van der Waals surface area contributed by atoms with Crippen molar-refractivity contribution in [3.05, 3.63) is 23.0 Å². The number of likely N-dealkylation sites (tertiary alicyclic amines) is 1. The fourth-order valence-electron chi connectivity index (χ4n) is 4.49. The molecule has 0 unspecified atom stereocenters. The van der Waals surface area contributed by atoms with Crippen molar-refractivity contribution >= 4 is 23.1 Å². The van der Waals surface area contributed by atoms with Crippen LogP contribution in [0.25, 0.3) is 11.1 Å². The molecular weight excluding hydrogens is 372 g/mol. The predicted molar refractivity (Wildman–Crippen MR) is 107 cm³/mol. The van der Waals surface area contributed by atoms with Crippen molar-refractivity contribution in [2.24, 2.45) is 0 Å². The van der Waals surface area contributed by atoms with Gasteiger partial charge in [-0.25, -0.2) is 9.78 Å². The third-order valence-corrected chi connectivity index (χ3v) is 6.17. The summed E-state index contributed by atoms with van der Waals surface area (Å²) in [5, 5.41) is 4.63. The van der Waals surface area contributed by atoms with Crippen LogP contribution in [0.1, 0.15) is 61.3 Å². The molecule has 2 aliphatic rings. The fraction of sp³-hybridized carbons (Fsp3) is 0.619. The average molecular weight is 400 g/mol. The Bertz CT molecular complexity index is 946. The third kappa shape index (κ3) is 3.45. The van der Waals surface area contributed by atoms with Gasteiger partial charge in [-0.1, -0.05) is 18.5 Å². The first-order valence-electron chi connectivity index (χ1n) is 10.4. The van der Waals surface area contributed by atoms with Gasteiger partial charge in [0, 0.05) is 37.7 Å². The molecule has 29 heavy (non-hydrogen) atoms. The topological polar surface area (TPSA) is 88.8 Å². The number of hydrogen-bond donors (Lipinski definition) is 0. The van der Waals surface area contributed by atoms with Crippen molar-refractivity contribution in [1.82, 2.24) is 19.9 Å². The van der Waals surface area contributed by atoms with Crippen molar-refractivity contribution in [1.29, 1.82) is 0 Å². The van der Waals surface area contributed by atoms with Crippen LogP contribution in [-0.2, 0) is 4.74 Å². The molecule has 156 valence electrons. The van der Waals surface area contributed by atoms with Gasteiger partial charge < -0.3 is 19.1 Å². The van der Waals surface area contributed by atoms with Crippen LogP contribution >= 0.6 is 0 Å². The van der Waals surface area contributed by atoms with Crippen LogP contribution in [0.15, 0.2) is 10.6 Å². The molecule has 2 aromatic rings. The lowest BCUT2D eigenvalue weighted by atomic mass is 9.90. The molecule has 1 spiro atoms. The molecule has 8 nitrogen and oxygen atoms in total. The molecule has 0 aromatic carbocycles. The largest absolute Gasteiger partial charge is 0.441 e. The molecule has 2 aliphatic heterocycles. The van der Waals surface area contributed by atoms with E-state index in [2.05, 4.69) is 24.0 Å². The maximum Gasteiger partial charge on any atom is 0.410 e. The van der Waals surface area contributed by atoms with Crippen molar-refractivity contribution in [3.63, 3.8) is 0 Å². The normalized spacial score (nSPS) is 19.8. The van der Waals surface area contributed by atoms with Gasteiger partial charge in [0.05, 0.1) is 23.2 Å². The number of rotatable bonds is 4. The minimum Gasteiger partial charge on any atom is -0.441 e. The van der Waals surface area contributed by atoms with Crippen molar-refractivity contribution in [3.8, 4) is 0 Å². The Morgan fingerprint density at radius 2 is 2.03 bits per heavy atom. The minimum atomic E-state index is -0.480. The highest BCUT2D eigenvalue weighted by Crippen LogP contribution is 2.35. The van der Waals surface area contributed by atoms with Gasteiger partial charge in [-0.3, -0.25) is 4.79 Å². The van der Waals surface area contributed by atoms with E-state index < -0.39 is 5.60 Å². The molecule has 0 aliphatic carbocycles. The van der Waals surface area contributed by atoms with E-state index in [1.165, 1.54) is 0 Å². The molecule has 0 saturated carbocycles. The number of nitrogens with zero attached hydrogens (tertiary/aromatic N) is 4. The first-order chi connectivity index (χ1) is 13.8. The van der Waals surface area contributed by atoms with E-state index in [0.717, 1.165) is 18.5 Å². The molecule has 0 N–H and O–H groups in total. The summed E-state index contributed by atoms with van der Waals surface area (Å²) in [6.07, 6.45) is 3.07. The Morgan fingerprint density at radius 1 is 1.31 bits per heavy atom. The first-order valence-corrected chi connectivity index (χ1v) is 10.4. The highest BCUT2D eigenvalue weighted by molar-refractivity contribution is 6.06. The predicted octanol–water partition coefficient (Wildman–Crippen LogP) is 3.46. The number of piperidine rings is 1. The number of ether oxygens (including phenoxy) is 1. The van der Waals surface area contributed by atoms with Gasteiger partial charge in [0.1, 0.15) is 5.60 Å². The molecule has 2 saturated heterocycles. The lowest BCUT2D eigenvalue weighted by Gasteiger charge is -2.37. The molecule has 2 aromatic heterocycles. The lowest BCUT2D eigenvalue weighted by molar-refractivity contribution is 0.00311. The molecule has 0 bridgehead atoms. The first kappa shape index (κ1) is 19.7. The van der Waals surface area contributed by atoms with E-state index in [9.17, 15) is 9.59 Å². The summed E-state index contributed by atoms with van der Waals surface area (Å²) >= 11 is 0. The summed E-state index contributed by atoms with van der Waals surface area (Å²) < 4.78 is 11.1. The third-order valence-electron chi connectivity index (χ3n) is 6.17. The Morgan fingerprint density at radius 3 is 2.72 bits per heavy atom. The van der Waals surface area contributed by atoms with Crippen LogP contribution in [0.3, 0.4) is 0 Å². The van der Waals surface area contributed by atoms with Gasteiger partial charge in [0.15, 0.2) is 0 Å². The average Bonchev–Trinajstić information content (AvgIpc) is 3.21. The van der Waals surface area contributed by atoms with E-state index in [1.807, 2.05) is 23.6 Å². The molecular formula is C21H28N4O4. The van der Waals surface area contributed by atoms with Crippen LogP contribution in [0.2, 0.25) is 0 Å². The van der Waals surface area contributed by atoms with Crippen LogP contribution < -0.4 is 0 Å². The van der Waals surface area contributed by atoms with E-state index in [4.69, 9.17) is 9.26 Å². The van der Waals surface area contributed by atoms with Crippen LogP contribution in [0.5, 0.6) is 0 Å². The summed E-state index contributed by atoms with van der Waals surface area (Å²) in [6.45, 7) is 9.55. The number of hydrogen-bond acceptors (Lipinski definition) is 6. The number of amides is 2. The van der Waals surface area contributed by atoms with Gasteiger partial charge in [-0.05, 0) is 33.3 Å². The van der Waals surface area contributed by atoms with E-state index in [1.54, 1.807) is 6.07 Å². The summed E-state index contributed by atoms with van der Waals surface area (Å²) in [5.41, 5.74) is 1.87. The number of pyridine rings is 1. The van der Waals surface area contributed by atoms with Crippen LogP contribution in [-0.4, -0.2) is 63.2 Å². The zero-order valence-electron chi connectivity index (χ0n) is 17.5. The van der Waals surface area contributed by atoms with Gasteiger partial charge in [0.2, 0.25) is 0 Å². The zero-order chi connectivity index (χ0) is 20.8. The highest BCUT2D eigenvalue weighted by Gasteiger charge is 2.48. The number of carbonyl (C=O) groups excluding carboxylic acids is 2. The van der Waals surface area contributed by atoms with Gasteiger partial charge in [-0.15, -0.1) is 0 Å². The Kier molecular flexibility index (Phi) is 4.96. The monoisotopic (exact) mass is 400 g/mol. The van der Waals surface area contributed by atoms with Gasteiger partial charge in [0.25, 0.3) is 11.6 Å². The van der Waals surface area contributed by atoms with E-state index >= 15 is 0 Å². The molecule has 4 rings (SSSR count). The summed E-state index contributed by atoms with van der Waals surface area (Å²) in [4.78, 5) is 33.6. The van der Waals surface area contributed by atoms with Crippen molar-refractivity contribution < 1.29 is 18.8 Å². The SMILES string of the molecule is CCC[C@@H](C)N1CC2(CCN(C(=O)c3cc(C)nc4onc(C)c34)CC2)OC1=O. The highest BCUT2D eigenvalue weighted by atomic mass is 16.6. The van der Waals surface area contributed by atoms with Crippen molar-refractivity contribution in [2.75, 3.05) is 19.6 Å². The summed E-state index contributed by atoms with van der Waals surface area (Å²) in [5.74, 6) is -0.0535. The maximum absolute atomic E-state index is 13.3. The van der Waals surface area contributed by atoms with Crippen LogP contribution in [0, 0.1) is 13.8 Å². The van der Waals surface area contributed by atoms with Gasteiger partial charge >= 0.3 is 6.09 Å². The maximum atomic E-state index is 13.3. The zero-order valence-corrected chi connectivity index (χ0v) is 17.5. The smallest absolute Gasteiger partial charge is 0.410 e. The fourth-order valence-corrected chi connectivity index (χ4v) is 4.49. The molecule has 2 fully saturated rings. The number of aryl methyl sites for hydroxylation is 2. The van der Waals surface area contributed by atoms with E-state index in [0.29, 0.717) is 54.8 Å². The standard InChI is InChI=1S/C21H28N4O4/c1-5-6-14(3)25-12-21(28-20(25)27)7-9-24(10-8-21)19(26)16-11-13(2)22-18-17(16)15(4)23-29-18/h11,14H,5-10,12H2,1-4H3/t14-/m1/s1. The second-order valence-electron chi connectivity index (χ2n) is 8.37. The van der Waals surface area contributed by atoms with Crippen molar-refractivity contribution in [2.45, 2.75) is 65.0 Å². The minimum absolute atomic E-state index is 0.0535. The van der Waals surface area contributed by atoms with E-state index in [-0.39, 0.29) is 18.0 Å². The molecule has 2 amide bonds. The lowest BCUT2D eigenvalue weighted by Crippen LogP contribution is -2.49. The van der Waals surface area contributed by atoms with Crippen LogP contribution in [0.4, 0.5) is 4.79 Å². The summed E-state index contributed by atoms with van der Waals surface area (Å²) in [7, 11) is 0. The molecule has 8 heteroatoms. The quantitative estimate of drug-likeness (QED) is 0.781. The second-order valence-corrected chi connectivity index (χ2v) is 8.37. The Labute approximate surface area is 170 Å². The number of fused-ring (bicyclic) bond motifs is 1. The van der Waals surface area contributed by atoms with Gasteiger partial charge in [-0.2, -0.15) is 0 Å². The molecule has 1 atom stereocenters. The number of carbonyl (C=O) groups is 2. The Hall–Kier alpha value is -2.64. The summed E-state index contributed by atoms with van der Waals surface area (Å²) in [6, 6.07) is 1.97. The second kappa shape index (κ2) is 7.31. The molecule has 4 heterocycles.